The zero-order valence-electron chi connectivity index (χ0n) is 18.8. The summed E-state index contributed by atoms with van der Waals surface area (Å²) in [5.74, 6) is 0.846. The number of aromatic nitrogens is 1. The van der Waals surface area contributed by atoms with Crippen LogP contribution in [0.25, 0.3) is 10.8 Å². The largest absolute Gasteiger partial charge is 0.361 e. The van der Waals surface area contributed by atoms with Crippen LogP contribution < -0.4 is 15.5 Å². The first-order chi connectivity index (χ1) is 17.2. The molecule has 1 aliphatic heterocycles. The Bertz CT molecular complexity index is 1480. The van der Waals surface area contributed by atoms with Crippen LogP contribution in [0.2, 0.25) is 0 Å². The van der Waals surface area contributed by atoms with Gasteiger partial charge < -0.3 is 10.6 Å². The maximum atomic E-state index is 12.5. The molecule has 0 saturated carbocycles. The van der Waals surface area contributed by atoms with E-state index in [9.17, 15) is 4.79 Å². The SMILES string of the molecule is O=C(CCNc1nc(N2c3ccccc3Sc3ccccc32)cs1)Nc1ccc2ccccc2c1. The third-order valence-corrected chi connectivity index (χ3v) is 7.73. The lowest BCUT2D eigenvalue weighted by molar-refractivity contribution is -0.115. The van der Waals surface area contributed by atoms with Crippen molar-refractivity contribution >= 4 is 67.8 Å². The van der Waals surface area contributed by atoms with Crippen LogP contribution in [-0.4, -0.2) is 17.4 Å². The second-order valence-electron chi connectivity index (χ2n) is 8.17. The highest BCUT2D eigenvalue weighted by molar-refractivity contribution is 7.99. The van der Waals surface area contributed by atoms with Crippen molar-refractivity contribution in [2.75, 3.05) is 22.1 Å². The number of benzene rings is 4. The minimum Gasteiger partial charge on any atom is -0.361 e. The molecule has 2 N–H and O–H groups in total. The minimum absolute atomic E-state index is 0.0273. The smallest absolute Gasteiger partial charge is 0.226 e. The molecule has 35 heavy (non-hydrogen) atoms. The monoisotopic (exact) mass is 494 g/mol. The van der Waals surface area contributed by atoms with E-state index >= 15 is 0 Å². The highest BCUT2D eigenvalue weighted by Gasteiger charge is 2.25. The van der Waals surface area contributed by atoms with Crippen molar-refractivity contribution in [2.24, 2.45) is 0 Å². The molecular weight excluding hydrogens is 472 g/mol. The number of nitrogens with one attached hydrogen (secondary N) is 2. The van der Waals surface area contributed by atoms with E-state index in [0.717, 1.165) is 38.8 Å². The van der Waals surface area contributed by atoms with Gasteiger partial charge in [-0.25, -0.2) is 4.98 Å². The maximum Gasteiger partial charge on any atom is 0.226 e. The predicted octanol–water partition coefficient (Wildman–Crippen LogP) is 7.67. The van der Waals surface area contributed by atoms with E-state index in [1.807, 2.05) is 36.4 Å². The zero-order valence-corrected chi connectivity index (χ0v) is 20.4. The Balaban J connectivity index is 1.12. The molecule has 0 atom stereocenters. The molecule has 0 radical (unpaired) electrons. The number of hydrogen-bond acceptors (Lipinski definition) is 6. The van der Waals surface area contributed by atoms with E-state index in [4.69, 9.17) is 4.98 Å². The number of fused-ring (bicyclic) bond motifs is 3. The third kappa shape index (κ3) is 4.48. The molecular formula is C28H22N4OS2. The van der Waals surface area contributed by atoms with E-state index in [1.165, 1.54) is 9.79 Å². The normalized spacial score (nSPS) is 12.2. The fraction of sp³-hybridized carbons (Fsp3) is 0.0714. The molecule has 0 unspecified atom stereocenters. The number of rotatable bonds is 6. The van der Waals surface area contributed by atoms with Crippen molar-refractivity contribution in [3.63, 3.8) is 0 Å². The van der Waals surface area contributed by atoms with Gasteiger partial charge in [-0.1, -0.05) is 66.4 Å². The minimum atomic E-state index is -0.0273. The average Bonchev–Trinajstić information content (AvgIpc) is 3.35. The van der Waals surface area contributed by atoms with E-state index in [1.54, 1.807) is 23.1 Å². The lowest BCUT2D eigenvalue weighted by Crippen LogP contribution is -2.17. The number of carbonyl (C=O) groups is 1. The number of amides is 1. The molecule has 0 spiro atoms. The predicted molar refractivity (Wildman–Crippen MR) is 147 cm³/mol. The highest BCUT2D eigenvalue weighted by atomic mass is 32.2. The van der Waals surface area contributed by atoms with Crippen molar-refractivity contribution in [3.05, 3.63) is 96.4 Å². The Labute approximate surface area is 211 Å². The van der Waals surface area contributed by atoms with Crippen molar-refractivity contribution in [1.29, 1.82) is 0 Å². The molecule has 6 rings (SSSR count). The van der Waals surface area contributed by atoms with Gasteiger partial charge in [0, 0.05) is 33.8 Å². The first-order valence-electron chi connectivity index (χ1n) is 11.4. The lowest BCUT2D eigenvalue weighted by Gasteiger charge is -2.31. The molecule has 1 aliphatic rings. The van der Waals surface area contributed by atoms with E-state index in [2.05, 4.69) is 75.5 Å². The Morgan fingerprint density at radius 3 is 2.29 bits per heavy atom. The number of nitrogens with zero attached hydrogens (tertiary/aromatic N) is 2. The van der Waals surface area contributed by atoms with Gasteiger partial charge in [0.25, 0.3) is 0 Å². The van der Waals surface area contributed by atoms with E-state index in [-0.39, 0.29) is 5.91 Å². The second kappa shape index (κ2) is 9.44. The molecule has 0 aliphatic carbocycles. The molecule has 5 nitrogen and oxygen atoms in total. The summed E-state index contributed by atoms with van der Waals surface area (Å²) in [4.78, 5) is 21.9. The molecule has 4 aromatic carbocycles. The van der Waals surface area contributed by atoms with Gasteiger partial charge >= 0.3 is 0 Å². The average molecular weight is 495 g/mol. The van der Waals surface area contributed by atoms with Gasteiger partial charge in [0.1, 0.15) is 0 Å². The maximum absolute atomic E-state index is 12.5. The fourth-order valence-electron chi connectivity index (χ4n) is 4.17. The molecule has 1 amide bonds. The summed E-state index contributed by atoms with van der Waals surface area (Å²) < 4.78 is 0. The Morgan fingerprint density at radius 2 is 1.51 bits per heavy atom. The first-order valence-corrected chi connectivity index (χ1v) is 13.1. The van der Waals surface area contributed by atoms with Crippen LogP contribution in [-0.2, 0) is 4.79 Å². The van der Waals surface area contributed by atoms with Gasteiger partial charge in [0.05, 0.1) is 11.4 Å². The van der Waals surface area contributed by atoms with Crippen molar-refractivity contribution < 1.29 is 4.79 Å². The Kier molecular flexibility index (Phi) is 5.86. The van der Waals surface area contributed by atoms with Gasteiger partial charge in [-0.15, -0.1) is 11.3 Å². The van der Waals surface area contributed by atoms with Gasteiger partial charge in [-0.2, -0.15) is 0 Å². The van der Waals surface area contributed by atoms with Gasteiger partial charge in [-0.05, 0) is 47.2 Å². The van der Waals surface area contributed by atoms with Crippen LogP contribution in [0.15, 0.2) is 106 Å². The standard InChI is InChI=1S/C28H22N4OS2/c33-27(30-21-14-13-19-7-1-2-8-20(19)17-21)15-16-29-28-31-26(18-34-28)32-22-9-3-5-11-24(22)35-25-12-6-4-10-23(25)32/h1-14,17-18H,15-16H2,(H,29,31)(H,30,33). The summed E-state index contributed by atoms with van der Waals surface area (Å²) in [7, 11) is 0. The van der Waals surface area contributed by atoms with Crippen LogP contribution in [0, 0.1) is 0 Å². The Hall–Kier alpha value is -3.81. The second-order valence-corrected chi connectivity index (χ2v) is 10.1. The van der Waals surface area contributed by atoms with Gasteiger partial charge in [-0.3, -0.25) is 9.69 Å². The summed E-state index contributed by atoms with van der Waals surface area (Å²) in [6.45, 7) is 0.509. The summed E-state index contributed by atoms with van der Waals surface area (Å²) in [5, 5.41) is 11.4. The summed E-state index contributed by atoms with van der Waals surface area (Å²) in [6, 6.07) is 30.9. The van der Waals surface area contributed by atoms with Crippen LogP contribution in [0.4, 0.5) is 28.0 Å². The molecule has 5 aromatic rings. The number of hydrogen-bond donors (Lipinski definition) is 2. The number of para-hydroxylation sites is 2. The Morgan fingerprint density at radius 1 is 0.829 bits per heavy atom. The molecule has 1 aromatic heterocycles. The van der Waals surface area contributed by atoms with Gasteiger partial charge in [0.15, 0.2) is 10.9 Å². The molecule has 2 heterocycles. The van der Waals surface area contributed by atoms with Gasteiger partial charge in [0.2, 0.25) is 5.91 Å². The fourth-order valence-corrected chi connectivity index (χ4v) is 5.94. The van der Waals surface area contributed by atoms with Crippen molar-refractivity contribution in [2.45, 2.75) is 16.2 Å². The molecule has 0 bridgehead atoms. The van der Waals surface area contributed by atoms with E-state index in [0.29, 0.717) is 13.0 Å². The highest BCUT2D eigenvalue weighted by Crippen LogP contribution is 2.51. The van der Waals surface area contributed by atoms with Crippen molar-refractivity contribution in [1.82, 2.24) is 4.98 Å². The topological polar surface area (TPSA) is 57.3 Å². The first kappa shape index (κ1) is 21.7. The summed E-state index contributed by atoms with van der Waals surface area (Å²) in [6.07, 6.45) is 0.355. The lowest BCUT2D eigenvalue weighted by atomic mass is 10.1. The number of carbonyl (C=O) groups excluding carboxylic acids is 1. The van der Waals surface area contributed by atoms with Crippen molar-refractivity contribution in [3.8, 4) is 0 Å². The zero-order chi connectivity index (χ0) is 23.6. The summed E-state index contributed by atoms with van der Waals surface area (Å²) >= 11 is 3.33. The van der Waals surface area contributed by atoms with Crippen LogP contribution in [0.5, 0.6) is 0 Å². The molecule has 172 valence electrons. The molecule has 7 heteroatoms. The number of thiazole rings is 1. The molecule has 0 saturated heterocycles. The van der Waals surface area contributed by atoms with E-state index < -0.39 is 0 Å². The van der Waals surface area contributed by atoms with Crippen LogP contribution in [0.1, 0.15) is 6.42 Å². The summed E-state index contributed by atoms with van der Waals surface area (Å²) in [5.41, 5.74) is 3.07. The van der Waals surface area contributed by atoms with Crippen LogP contribution in [0.3, 0.4) is 0 Å². The molecule has 0 fully saturated rings. The number of anilines is 5. The van der Waals surface area contributed by atoms with Crippen LogP contribution >= 0.6 is 23.1 Å². The third-order valence-electron chi connectivity index (χ3n) is 5.81. The quantitative estimate of drug-likeness (QED) is 0.249.